The van der Waals surface area contributed by atoms with Crippen molar-refractivity contribution in [2.45, 2.75) is 18.9 Å². The third-order valence-electron chi connectivity index (χ3n) is 3.05. The molecule has 1 aromatic rings. The standard InChI is InChI=1S/C13H17N/c1-3-10-14(2)13-9-8-11-6-4-5-7-12(11)13/h3-7,13H,1,8-10H2,2H3/t13-/m1/s1. The van der Waals surface area contributed by atoms with Crippen LogP contribution in [0.4, 0.5) is 0 Å². The van der Waals surface area contributed by atoms with E-state index in [-0.39, 0.29) is 0 Å². The van der Waals surface area contributed by atoms with Crippen LogP contribution >= 0.6 is 0 Å². The maximum absolute atomic E-state index is 3.79. The van der Waals surface area contributed by atoms with E-state index in [0.717, 1.165) is 6.54 Å². The first-order valence-corrected chi connectivity index (χ1v) is 5.22. The van der Waals surface area contributed by atoms with Crippen LogP contribution in [0, 0.1) is 0 Å². The monoisotopic (exact) mass is 187 g/mol. The second-order valence-corrected chi connectivity index (χ2v) is 3.98. The average molecular weight is 187 g/mol. The van der Waals surface area contributed by atoms with Crippen molar-refractivity contribution in [1.29, 1.82) is 0 Å². The van der Waals surface area contributed by atoms with Gasteiger partial charge in [-0.2, -0.15) is 0 Å². The first kappa shape index (κ1) is 9.47. The Kier molecular flexibility index (Phi) is 2.69. The molecule has 0 radical (unpaired) electrons. The number of rotatable bonds is 3. The van der Waals surface area contributed by atoms with Gasteiger partial charge in [0.1, 0.15) is 0 Å². The van der Waals surface area contributed by atoms with Gasteiger partial charge in [-0.25, -0.2) is 0 Å². The lowest BCUT2D eigenvalue weighted by Gasteiger charge is -2.23. The summed E-state index contributed by atoms with van der Waals surface area (Å²) in [4.78, 5) is 2.37. The van der Waals surface area contributed by atoms with E-state index in [1.54, 1.807) is 0 Å². The minimum Gasteiger partial charge on any atom is -0.296 e. The number of aryl methyl sites for hydroxylation is 1. The van der Waals surface area contributed by atoms with Crippen molar-refractivity contribution in [3.63, 3.8) is 0 Å². The van der Waals surface area contributed by atoms with Crippen molar-refractivity contribution in [3.8, 4) is 0 Å². The molecule has 0 spiro atoms. The molecule has 0 fully saturated rings. The van der Waals surface area contributed by atoms with Crippen LogP contribution in [0.25, 0.3) is 0 Å². The number of nitrogens with zero attached hydrogens (tertiary/aromatic N) is 1. The summed E-state index contributed by atoms with van der Waals surface area (Å²) in [5, 5.41) is 0. The Hall–Kier alpha value is -1.08. The van der Waals surface area contributed by atoms with E-state index >= 15 is 0 Å². The Morgan fingerprint density at radius 1 is 1.50 bits per heavy atom. The Labute approximate surface area is 86.1 Å². The number of hydrogen-bond donors (Lipinski definition) is 0. The number of fused-ring (bicyclic) bond motifs is 1. The second kappa shape index (κ2) is 3.97. The molecule has 0 bridgehead atoms. The molecule has 0 aromatic heterocycles. The van der Waals surface area contributed by atoms with Crippen molar-refractivity contribution < 1.29 is 0 Å². The van der Waals surface area contributed by atoms with Crippen LogP contribution in [0.3, 0.4) is 0 Å². The van der Waals surface area contributed by atoms with Gasteiger partial charge in [-0.3, -0.25) is 4.90 Å². The van der Waals surface area contributed by atoms with Crippen LogP contribution in [0.2, 0.25) is 0 Å². The number of benzene rings is 1. The van der Waals surface area contributed by atoms with Gasteiger partial charge in [0, 0.05) is 12.6 Å². The van der Waals surface area contributed by atoms with Crippen LogP contribution in [-0.4, -0.2) is 18.5 Å². The van der Waals surface area contributed by atoms with Crippen LogP contribution in [0.15, 0.2) is 36.9 Å². The summed E-state index contributed by atoms with van der Waals surface area (Å²) in [7, 11) is 2.18. The molecule has 1 heteroatoms. The van der Waals surface area contributed by atoms with Gasteiger partial charge >= 0.3 is 0 Å². The molecule has 0 heterocycles. The molecule has 1 aromatic carbocycles. The normalized spacial score (nSPS) is 19.7. The SMILES string of the molecule is C=CCN(C)[C@@H]1CCc2ccccc21. The molecular formula is C13H17N. The predicted octanol–water partition coefficient (Wildman–Crippen LogP) is 2.79. The zero-order valence-corrected chi connectivity index (χ0v) is 8.74. The minimum atomic E-state index is 0.601. The molecule has 14 heavy (non-hydrogen) atoms. The maximum atomic E-state index is 3.79. The van der Waals surface area contributed by atoms with Gasteiger partial charge in [0.05, 0.1) is 0 Å². The summed E-state index contributed by atoms with van der Waals surface area (Å²) in [6.45, 7) is 4.76. The van der Waals surface area contributed by atoms with Gasteiger partial charge in [-0.1, -0.05) is 30.3 Å². The molecule has 74 valence electrons. The molecular weight excluding hydrogens is 170 g/mol. The van der Waals surface area contributed by atoms with E-state index in [1.165, 1.54) is 24.0 Å². The lowest BCUT2D eigenvalue weighted by Crippen LogP contribution is -2.22. The number of hydrogen-bond acceptors (Lipinski definition) is 1. The fraction of sp³-hybridized carbons (Fsp3) is 0.385. The molecule has 2 rings (SSSR count). The fourth-order valence-corrected chi connectivity index (χ4v) is 2.32. The highest BCUT2D eigenvalue weighted by atomic mass is 15.1. The molecule has 1 aliphatic rings. The first-order chi connectivity index (χ1) is 6.83. The van der Waals surface area contributed by atoms with Gasteiger partial charge in [-0.05, 0) is 31.0 Å². The van der Waals surface area contributed by atoms with E-state index < -0.39 is 0 Å². The van der Waals surface area contributed by atoms with Crippen molar-refractivity contribution in [1.82, 2.24) is 4.90 Å². The Morgan fingerprint density at radius 2 is 2.29 bits per heavy atom. The van der Waals surface area contributed by atoms with E-state index in [1.807, 2.05) is 6.08 Å². The van der Waals surface area contributed by atoms with E-state index in [2.05, 4.69) is 42.8 Å². The average Bonchev–Trinajstić information content (AvgIpc) is 2.61. The quantitative estimate of drug-likeness (QED) is 0.658. The molecule has 0 saturated carbocycles. The number of likely N-dealkylation sites (N-methyl/N-ethyl adjacent to an activating group) is 1. The molecule has 0 unspecified atom stereocenters. The fourth-order valence-electron chi connectivity index (χ4n) is 2.32. The molecule has 0 N–H and O–H groups in total. The van der Waals surface area contributed by atoms with Gasteiger partial charge in [-0.15, -0.1) is 6.58 Å². The Balaban J connectivity index is 2.21. The van der Waals surface area contributed by atoms with Crippen LogP contribution in [0.5, 0.6) is 0 Å². The Bertz CT molecular complexity index is 330. The first-order valence-electron chi connectivity index (χ1n) is 5.22. The highest BCUT2D eigenvalue weighted by molar-refractivity contribution is 5.34. The van der Waals surface area contributed by atoms with Crippen molar-refractivity contribution >= 4 is 0 Å². The van der Waals surface area contributed by atoms with Crippen LogP contribution in [-0.2, 0) is 6.42 Å². The van der Waals surface area contributed by atoms with E-state index in [4.69, 9.17) is 0 Å². The lowest BCUT2D eigenvalue weighted by molar-refractivity contribution is 0.270. The lowest BCUT2D eigenvalue weighted by atomic mass is 10.1. The molecule has 1 nitrogen and oxygen atoms in total. The van der Waals surface area contributed by atoms with Gasteiger partial charge in [0.15, 0.2) is 0 Å². The van der Waals surface area contributed by atoms with Crippen LogP contribution in [0.1, 0.15) is 23.6 Å². The molecule has 1 aliphatic carbocycles. The minimum absolute atomic E-state index is 0.601. The van der Waals surface area contributed by atoms with E-state index in [0.29, 0.717) is 6.04 Å². The second-order valence-electron chi connectivity index (χ2n) is 3.98. The predicted molar refractivity (Wildman–Crippen MR) is 60.3 cm³/mol. The summed E-state index contributed by atoms with van der Waals surface area (Å²) in [5.74, 6) is 0. The highest BCUT2D eigenvalue weighted by Crippen LogP contribution is 2.34. The largest absolute Gasteiger partial charge is 0.296 e. The topological polar surface area (TPSA) is 3.24 Å². The summed E-state index contributed by atoms with van der Waals surface area (Å²) in [6, 6.07) is 9.38. The molecule has 1 atom stereocenters. The van der Waals surface area contributed by atoms with Crippen molar-refractivity contribution in [3.05, 3.63) is 48.0 Å². The van der Waals surface area contributed by atoms with Gasteiger partial charge < -0.3 is 0 Å². The summed E-state index contributed by atoms with van der Waals surface area (Å²) in [6.07, 6.45) is 4.45. The van der Waals surface area contributed by atoms with Crippen molar-refractivity contribution in [2.75, 3.05) is 13.6 Å². The van der Waals surface area contributed by atoms with Gasteiger partial charge in [0.25, 0.3) is 0 Å². The highest BCUT2D eigenvalue weighted by Gasteiger charge is 2.24. The van der Waals surface area contributed by atoms with Gasteiger partial charge in [0.2, 0.25) is 0 Å². The third-order valence-corrected chi connectivity index (χ3v) is 3.05. The Morgan fingerprint density at radius 3 is 3.07 bits per heavy atom. The van der Waals surface area contributed by atoms with E-state index in [9.17, 15) is 0 Å². The summed E-state index contributed by atoms with van der Waals surface area (Å²) in [5.41, 5.74) is 3.03. The molecule has 0 aliphatic heterocycles. The molecule has 0 amide bonds. The smallest absolute Gasteiger partial charge is 0.0354 e. The maximum Gasteiger partial charge on any atom is 0.0354 e. The summed E-state index contributed by atoms with van der Waals surface area (Å²) >= 11 is 0. The van der Waals surface area contributed by atoms with Crippen molar-refractivity contribution in [2.24, 2.45) is 0 Å². The zero-order valence-electron chi connectivity index (χ0n) is 8.74. The molecule has 0 saturated heterocycles. The summed E-state index contributed by atoms with van der Waals surface area (Å²) < 4.78 is 0. The third kappa shape index (κ3) is 1.60. The zero-order chi connectivity index (χ0) is 9.97. The van der Waals surface area contributed by atoms with Crippen LogP contribution < -0.4 is 0 Å².